The molecule has 1 saturated heterocycles. The Morgan fingerprint density at radius 1 is 1.53 bits per heavy atom. The fourth-order valence-electron chi connectivity index (χ4n) is 2.07. The van der Waals surface area contributed by atoms with E-state index >= 15 is 0 Å². The van der Waals surface area contributed by atoms with E-state index in [0.29, 0.717) is 13.2 Å². The zero-order valence-corrected chi connectivity index (χ0v) is 10.2. The number of morpholine rings is 1. The molecular formula is C12H18N4O. The predicted molar refractivity (Wildman–Crippen MR) is 63.3 cm³/mol. The number of rotatable bonds is 4. The van der Waals surface area contributed by atoms with Crippen molar-refractivity contribution in [3.63, 3.8) is 0 Å². The Kier molecular flexibility index (Phi) is 4.13. The lowest BCUT2D eigenvalue weighted by Gasteiger charge is -2.29. The van der Waals surface area contributed by atoms with Crippen molar-refractivity contribution >= 4 is 0 Å². The Balaban J connectivity index is 2.08. The minimum atomic E-state index is -0.190. The Hall–Kier alpha value is -1.38. The van der Waals surface area contributed by atoms with E-state index in [-0.39, 0.29) is 6.04 Å². The summed E-state index contributed by atoms with van der Waals surface area (Å²) in [5.74, 6) is 0. The molecule has 5 nitrogen and oxygen atoms in total. The maximum atomic E-state index is 9.30. The molecule has 1 unspecified atom stereocenters. The van der Waals surface area contributed by atoms with Crippen LogP contribution >= 0.6 is 0 Å². The molecule has 1 aliphatic rings. The van der Waals surface area contributed by atoms with Crippen molar-refractivity contribution in [3.05, 3.63) is 18.0 Å². The Bertz CT molecular complexity index is 389. The summed E-state index contributed by atoms with van der Waals surface area (Å²) < 4.78 is 7.21. The van der Waals surface area contributed by atoms with Gasteiger partial charge in [-0.15, -0.1) is 0 Å². The second-order valence-electron chi connectivity index (χ2n) is 4.22. The van der Waals surface area contributed by atoms with Crippen LogP contribution in [0, 0.1) is 11.3 Å². The summed E-state index contributed by atoms with van der Waals surface area (Å²) >= 11 is 0. The Morgan fingerprint density at radius 3 is 2.94 bits per heavy atom. The lowest BCUT2D eigenvalue weighted by Crippen LogP contribution is -2.38. The van der Waals surface area contributed by atoms with E-state index in [2.05, 4.69) is 23.0 Å². The van der Waals surface area contributed by atoms with E-state index in [1.165, 1.54) is 0 Å². The molecule has 0 aliphatic carbocycles. The van der Waals surface area contributed by atoms with Crippen LogP contribution in [0.4, 0.5) is 0 Å². The lowest BCUT2D eigenvalue weighted by atomic mass is 10.1. The van der Waals surface area contributed by atoms with Crippen LogP contribution in [0.5, 0.6) is 0 Å². The van der Waals surface area contributed by atoms with Gasteiger partial charge in [0.1, 0.15) is 6.04 Å². The predicted octanol–water partition coefficient (Wildman–Crippen LogP) is 1.19. The van der Waals surface area contributed by atoms with Gasteiger partial charge in [0.05, 0.1) is 25.5 Å². The fraction of sp³-hybridized carbons (Fsp3) is 0.667. The van der Waals surface area contributed by atoms with Crippen molar-refractivity contribution in [1.29, 1.82) is 5.26 Å². The van der Waals surface area contributed by atoms with Gasteiger partial charge in [-0.05, 0) is 6.42 Å². The quantitative estimate of drug-likeness (QED) is 0.785. The Labute approximate surface area is 102 Å². The number of ether oxygens (including phenoxy) is 1. The second kappa shape index (κ2) is 5.80. The lowest BCUT2D eigenvalue weighted by molar-refractivity contribution is 0.0266. The monoisotopic (exact) mass is 234 g/mol. The largest absolute Gasteiger partial charge is 0.379 e. The third-order valence-electron chi connectivity index (χ3n) is 2.95. The molecular weight excluding hydrogens is 216 g/mol. The first-order valence-electron chi connectivity index (χ1n) is 6.09. The molecule has 92 valence electrons. The first kappa shape index (κ1) is 12.1. The van der Waals surface area contributed by atoms with Crippen molar-refractivity contribution in [1.82, 2.24) is 14.7 Å². The van der Waals surface area contributed by atoms with Gasteiger partial charge < -0.3 is 4.74 Å². The number of hydrogen-bond acceptors (Lipinski definition) is 4. The molecule has 2 heterocycles. The minimum absolute atomic E-state index is 0.190. The molecule has 1 aromatic heterocycles. The van der Waals surface area contributed by atoms with Gasteiger partial charge in [0.25, 0.3) is 0 Å². The maximum Gasteiger partial charge on any atom is 0.127 e. The van der Waals surface area contributed by atoms with Crippen molar-refractivity contribution < 1.29 is 4.74 Å². The Morgan fingerprint density at radius 2 is 2.29 bits per heavy atom. The molecule has 0 aromatic carbocycles. The van der Waals surface area contributed by atoms with E-state index in [1.54, 1.807) is 6.20 Å². The normalized spacial score (nSPS) is 18.8. The molecule has 5 heteroatoms. The topological polar surface area (TPSA) is 54.1 Å². The molecule has 0 radical (unpaired) electrons. The third kappa shape index (κ3) is 2.84. The van der Waals surface area contributed by atoms with Gasteiger partial charge in [-0.3, -0.25) is 9.58 Å². The van der Waals surface area contributed by atoms with Crippen LogP contribution in [0.15, 0.2) is 12.4 Å². The van der Waals surface area contributed by atoms with Gasteiger partial charge in [-0.25, -0.2) is 0 Å². The summed E-state index contributed by atoms with van der Waals surface area (Å²) in [6.45, 7) is 6.07. The standard InChI is InChI=1S/C12H18N4O/c1-2-3-16-10-11(9-14-16)12(8-13)15-4-6-17-7-5-15/h9-10,12H,2-7H2,1H3. The molecule has 0 N–H and O–H groups in total. The molecule has 0 bridgehead atoms. The zero-order valence-electron chi connectivity index (χ0n) is 10.2. The second-order valence-corrected chi connectivity index (χ2v) is 4.22. The number of nitriles is 1. The molecule has 0 spiro atoms. The van der Waals surface area contributed by atoms with E-state index in [0.717, 1.165) is 31.6 Å². The van der Waals surface area contributed by atoms with Crippen LogP contribution in [0.2, 0.25) is 0 Å². The molecule has 2 rings (SSSR count). The molecule has 17 heavy (non-hydrogen) atoms. The summed E-state index contributed by atoms with van der Waals surface area (Å²) in [4.78, 5) is 2.15. The van der Waals surface area contributed by atoms with Gasteiger partial charge in [-0.1, -0.05) is 6.92 Å². The molecule has 0 saturated carbocycles. The summed E-state index contributed by atoms with van der Waals surface area (Å²) in [6.07, 6.45) is 4.84. The van der Waals surface area contributed by atoms with Crippen LogP contribution in [-0.4, -0.2) is 41.0 Å². The highest BCUT2D eigenvalue weighted by atomic mass is 16.5. The smallest absolute Gasteiger partial charge is 0.127 e. The SMILES string of the molecule is CCCn1cc(C(C#N)N2CCOCC2)cn1. The maximum absolute atomic E-state index is 9.30. The van der Waals surface area contributed by atoms with Crippen LogP contribution in [-0.2, 0) is 11.3 Å². The van der Waals surface area contributed by atoms with Gasteiger partial charge >= 0.3 is 0 Å². The first-order chi connectivity index (χ1) is 8.35. The third-order valence-corrected chi connectivity index (χ3v) is 2.95. The molecule has 1 aromatic rings. The van der Waals surface area contributed by atoms with Crippen LogP contribution in [0.1, 0.15) is 24.9 Å². The van der Waals surface area contributed by atoms with E-state index in [9.17, 15) is 5.26 Å². The van der Waals surface area contributed by atoms with Crippen LogP contribution < -0.4 is 0 Å². The van der Waals surface area contributed by atoms with Gasteiger partial charge in [0.2, 0.25) is 0 Å². The molecule has 1 atom stereocenters. The minimum Gasteiger partial charge on any atom is -0.379 e. The average Bonchev–Trinajstić information content (AvgIpc) is 2.81. The summed E-state index contributed by atoms with van der Waals surface area (Å²) in [7, 11) is 0. The highest BCUT2D eigenvalue weighted by molar-refractivity contribution is 5.18. The van der Waals surface area contributed by atoms with Crippen molar-refractivity contribution in [2.75, 3.05) is 26.3 Å². The van der Waals surface area contributed by atoms with Crippen molar-refractivity contribution in [2.45, 2.75) is 25.9 Å². The molecule has 0 amide bonds. The van der Waals surface area contributed by atoms with E-state index in [4.69, 9.17) is 4.74 Å². The molecule has 1 fully saturated rings. The number of nitrogens with zero attached hydrogens (tertiary/aromatic N) is 4. The van der Waals surface area contributed by atoms with Gasteiger partial charge in [0.15, 0.2) is 0 Å². The van der Waals surface area contributed by atoms with Crippen LogP contribution in [0.3, 0.4) is 0 Å². The number of hydrogen-bond donors (Lipinski definition) is 0. The highest BCUT2D eigenvalue weighted by Gasteiger charge is 2.23. The highest BCUT2D eigenvalue weighted by Crippen LogP contribution is 2.20. The van der Waals surface area contributed by atoms with Crippen LogP contribution in [0.25, 0.3) is 0 Å². The van der Waals surface area contributed by atoms with Gasteiger partial charge in [0, 0.05) is 31.4 Å². The molecule has 1 aliphatic heterocycles. The zero-order chi connectivity index (χ0) is 12.1. The van der Waals surface area contributed by atoms with E-state index in [1.807, 2.05) is 10.9 Å². The average molecular weight is 234 g/mol. The fourth-order valence-corrected chi connectivity index (χ4v) is 2.07. The number of aryl methyl sites for hydroxylation is 1. The summed E-state index contributed by atoms with van der Waals surface area (Å²) in [5, 5.41) is 13.6. The van der Waals surface area contributed by atoms with Crippen molar-refractivity contribution in [2.24, 2.45) is 0 Å². The summed E-state index contributed by atoms with van der Waals surface area (Å²) in [6, 6.07) is 2.17. The van der Waals surface area contributed by atoms with Crippen molar-refractivity contribution in [3.8, 4) is 6.07 Å². The summed E-state index contributed by atoms with van der Waals surface area (Å²) in [5.41, 5.74) is 0.989. The van der Waals surface area contributed by atoms with Gasteiger partial charge in [-0.2, -0.15) is 10.4 Å². The first-order valence-corrected chi connectivity index (χ1v) is 6.09. The number of aromatic nitrogens is 2. The van der Waals surface area contributed by atoms with E-state index < -0.39 is 0 Å².